The van der Waals surface area contributed by atoms with Gasteiger partial charge in [-0.1, -0.05) is 37.6 Å². The van der Waals surface area contributed by atoms with Crippen molar-refractivity contribution in [2.45, 2.75) is 26.7 Å². The highest BCUT2D eigenvalue weighted by Crippen LogP contribution is 2.22. The molecule has 0 aliphatic heterocycles. The van der Waals surface area contributed by atoms with Crippen molar-refractivity contribution >= 4 is 23.5 Å². The summed E-state index contributed by atoms with van der Waals surface area (Å²) in [5.74, 6) is -0.0300. The van der Waals surface area contributed by atoms with Crippen LogP contribution in [0.2, 0.25) is 5.02 Å². The molecule has 0 aromatic heterocycles. The molecule has 22 heavy (non-hydrogen) atoms. The van der Waals surface area contributed by atoms with Gasteiger partial charge in [-0.15, -0.1) is 0 Å². The van der Waals surface area contributed by atoms with Crippen molar-refractivity contribution in [1.29, 1.82) is 0 Å². The number of carbonyl (C=O) groups is 2. The van der Waals surface area contributed by atoms with Gasteiger partial charge in [0.05, 0.1) is 24.5 Å². The highest BCUT2D eigenvalue weighted by Gasteiger charge is 2.10. The molecule has 0 heterocycles. The Morgan fingerprint density at radius 3 is 2.32 bits per heavy atom. The molecule has 1 aromatic carbocycles. The van der Waals surface area contributed by atoms with Crippen molar-refractivity contribution in [3.8, 4) is 5.75 Å². The smallest absolute Gasteiger partial charge is 0.306 e. The van der Waals surface area contributed by atoms with Crippen molar-refractivity contribution in [2.75, 3.05) is 19.8 Å². The first-order valence-corrected chi connectivity index (χ1v) is 7.55. The summed E-state index contributed by atoms with van der Waals surface area (Å²) >= 11 is 5.92. The molecule has 1 aromatic rings. The fraction of sp³-hybridized carbons (Fsp3) is 0.500. The van der Waals surface area contributed by atoms with Crippen LogP contribution in [-0.2, 0) is 19.1 Å². The van der Waals surface area contributed by atoms with Gasteiger partial charge in [-0.25, -0.2) is 0 Å². The van der Waals surface area contributed by atoms with Crippen molar-refractivity contribution in [2.24, 2.45) is 5.92 Å². The molecule has 0 fully saturated rings. The number of ether oxygens (including phenoxy) is 3. The summed E-state index contributed by atoms with van der Waals surface area (Å²) < 4.78 is 15.3. The quantitative estimate of drug-likeness (QED) is 0.514. The monoisotopic (exact) mass is 328 g/mol. The molecule has 0 radical (unpaired) electrons. The second-order valence-electron chi connectivity index (χ2n) is 5.08. The van der Waals surface area contributed by atoms with E-state index < -0.39 is 11.9 Å². The van der Waals surface area contributed by atoms with Crippen LogP contribution in [0.25, 0.3) is 0 Å². The van der Waals surface area contributed by atoms with E-state index in [1.54, 1.807) is 24.3 Å². The average Bonchev–Trinajstić information content (AvgIpc) is 2.49. The minimum Gasteiger partial charge on any atom is -0.488 e. The van der Waals surface area contributed by atoms with Gasteiger partial charge in [-0.05, 0) is 18.1 Å². The number of hydrogen-bond donors (Lipinski definition) is 0. The van der Waals surface area contributed by atoms with Crippen LogP contribution in [0.1, 0.15) is 26.7 Å². The maximum Gasteiger partial charge on any atom is 0.306 e. The normalized spacial score (nSPS) is 10.4. The Morgan fingerprint density at radius 2 is 1.68 bits per heavy atom. The summed E-state index contributed by atoms with van der Waals surface area (Å²) in [7, 11) is 0. The van der Waals surface area contributed by atoms with E-state index in [2.05, 4.69) is 0 Å². The summed E-state index contributed by atoms with van der Waals surface area (Å²) in [6.45, 7) is 4.55. The van der Waals surface area contributed by atoms with Gasteiger partial charge < -0.3 is 14.2 Å². The molecule has 0 saturated carbocycles. The third kappa shape index (κ3) is 7.88. The lowest BCUT2D eigenvalue weighted by atomic mass is 10.2. The standard InChI is InChI=1S/C16H21ClO5/c1-12(2)11-22-16(19)8-7-15(18)21-10-9-20-14-6-4-3-5-13(14)17/h3-6,12H,7-11H2,1-2H3. The van der Waals surface area contributed by atoms with Gasteiger partial charge in [0, 0.05) is 0 Å². The molecule has 0 amide bonds. The minimum absolute atomic E-state index is 0.00300. The Bertz CT molecular complexity index is 487. The Morgan fingerprint density at radius 1 is 1.05 bits per heavy atom. The molecule has 0 N–H and O–H groups in total. The SMILES string of the molecule is CC(C)COC(=O)CCC(=O)OCCOc1ccccc1Cl. The van der Waals surface area contributed by atoms with Gasteiger partial charge in [0.15, 0.2) is 0 Å². The molecule has 0 aliphatic carbocycles. The van der Waals surface area contributed by atoms with E-state index in [0.29, 0.717) is 17.4 Å². The van der Waals surface area contributed by atoms with Gasteiger partial charge in [-0.3, -0.25) is 9.59 Å². The first kappa shape index (κ1) is 18.3. The third-order valence-electron chi connectivity index (χ3n) is 2.55. The second-order valence-corrected chi connectivity index (χ2v) is 5.48. The zero-order valence-electron chi connectivity index (χ0n) is 12.8. The Labute approximate surface area is 135 Å². The highest BCUT2D eigenvalue weighted by atomic mass is 35.5. The molecule has 0 bridgehead atoms. The van der Waals surface area contributed by atoms with Crippen LogP contribution < -0.4 is 4.74 Å². The van der Waals surface area contributed by atoms with Crippen LogP contribution in [0.5, 0.6) is 5.75 Å². The number of halogens is 1. The zero-order valence-corrected chi connectivity index (χ0v) is 13.6. The Hall–Kier alpha value is -1.75. The molecule has 1 rings (SSSR count). The number of esters is 2. The van der Waals surface area contributed by atoms with Crippen molar-refractivity contribution in [1.82, 2.24) is 0 Å². The number of hydrogen-bond acceptors (Lipinski definition) is 5. The fourth-order valence-electron chi connectivity index (χ4n) is 1.48. The molecule has 0 atom stereocenters. The number of rotatable bonds is 9. The topological polar surface area (TPSA) is 61.8 Å². The average molecular weight is 329 g/mol. The van der Waals surface area contributed by atoms with Gasteiger partial charge in [0.25, 0.3) is 0 Å². The van der Waals surface area contributed by atoms with Crippen LogP contribution in [0.3, 0.4) is 0 Å². The summed E-state index contributed by atoms with van der Waals surface area (Å²) in [6.07, 6.45) is 0.0277. The first-order chi connectivity index (χ1) is 10.5. The lowest BCUT2D eigenvalue weighted by Crippen LogP contribution is -2.15. The number of benzene rings is 1. The summed E-state index contributed by atoms with van der Waals surface area (Å²) in [4.78, 5) is 22.8. The van der Waals surface area contributed by atoms with Crippen molar-refractivity contribution in [3.63, 3.8) is 0 Å². The summed E-state index contributed by atoms with van der Waals surface area (Å²) in [5, 5.41) is 0.502. The van der Waals surface area contributed by atoms with E-state index >= 15 is 0 Å². The molecule has 0 aliphatic rings. The molecule has 122 valence electrons. The van der Waals surface area contributed by atoms with E-state index in [4.69, 9.17) is 25.8 Å². The van der Waals surface area contributed by atoms with E-state index in [1.807, 2.05) is 13.8 Å². The van der Waals surface area contributed by atoms with Gasteiger partial charge in [-0.2, -0.15) is 0 Å². The Balaban J connectivity index is 2.11. The molecular formula is C16H21ClO5. The van der Waals surface area contributed by atoms with Gasteiger partial charge >= 0.3 is 11.9 Å². The fourth-order valence-corrected chi connectivity index (χ4v) is 1.67. The number of para-hydroxylation sites is 1. The summed E-state index contributed by atoms with van der Waals surface area (Å²) in [5.41, 5.74) is 0. The van der Waals surface area contributed by atoms with E-state index in [9.17, 15) is 9.59 Å². The highest BCUT2D eigenvalue weighted by molar-refractivity contribution is 6.32. The van der Waals surface area contributed by atoms with Crippen molar-refractivity contribution < 1.29 is 23.8 Å². The molecule has 0 spiro atoms. The van der Waals surface area contributed by atoms with Crippen molar-refractivity contribution in [3.05, 3.63) is 29.3 Å². The predicted octanol–water partition coefficient (Wildman–Crippen LogP) is 3.24. The molecule has 0 unspecified atom stereocenters. The predicted molar refractivity (Wildman–Crippen MR) is 82.9 cm³/mol. The maximum atomic E-state index is 11.5. The van der Waals surface area contributed by atoms with Crippen LogP contribution >= 0.6 is 11.6 Å². The minimum atomic E-state index is -0.454. The number of carbonyl (C=O) groups excluding carboxylic acids is 2. The lowest BCUT2D eigenvalue weighted by Gasteiger charge is -2.09. The van der Waals surface area contributed by atoms with Crippen LogP contribution in [0.15, 0.2) is 24.3 Å². The third-order valence-corrected chi connectivity index (χ3v) is 2.86. The maximum absolute atomic E-state index is 11.5. The zero-order chi connectivity index (χ0) is 16.4. The van der Waals surface area contributed by atoms with Crippen LogP contribution in [-0.4, -0.2) is 31.8 Å². The second kappa shape index (κ2) is 10.1. The van der Waals surface area contributed by atoms with Crippen LogP contribution in [0, 0.1) is 5.92 Å². The van der Waals surface area contributed by atoms with E-state index in [-0.39, 0.29) is 32.0 Å². The molecule has 6 heteroatoms. The molecule has 0 saturated heterocycles. The molecule has 5 nitrogen and oxygen atoms in total. The van der Waals surface area contributed by atoms with E-state index in [1.165, 1.54) is 0 Å². The lowest BCUT2D eigenvalue weighted by molar-refractivity contribution is -0.151. The molecular weight excluding hydrogens is 308 g/mol. The largest absolute Gasteiger partial charge is 0.488 e. The first-order valence-electron chi connectivity index (χ1n) is 7.17. The summed E-state index contributed by atoms with van der Waals surface area (Å²) in [6, 6.07) is 7.05. The van der Waals surface area contributed by atoms with Crippen LogP contribution in [0.4, 0.5) is 0 Å². The van der Waals surface area contributed by atoms with Gasteiger partial charge in [0.1, 0.15) is 19.0 Å². The Kier molecular flexibility index (Phi) is 8.36. The van der Waals surface area contributed by atoms with E-state index in [0.717, 1.165) is 0 Å². The van der Waals surface area contributed by atoms with Gasteiger partial charge in [0.2, 0.25) is 0 Å².